The Bertz CT molecular complexity index is 1800. The fourth-order valence-corrected chi connectivity index (χ4v) is 6.05. The van der Waals surface area contributed by atoms with Gasteiger partial charge >= 0.3 is 0 Å². The van der Waals surface area contributed by atoms with Crippen molar-refractivity contribution in [3.63, 3.8) is 0 Å². The second kappa shape index (κ2) is 16.8. The van der Waals surface area contributed by atoms with Crippen molar-refractivity contribution >= 4 is 40.4 Å². The number of aromatic nitrogens is 1. The number of carbonyl (C=O) groups is 5. The van der Waals surface area contributed by atoms with Gasteiger partial charge in [-0.3, -0.25) is 24.0 Å². The van der Waals surface area contributed by atoms with Gasteiger partial charge in [-0.1, -0.05) is 56.3 Å². The topological polar surface area (TPSA) is 152 Å². The molecule has 6 rings (SSSR count). The molecule has 0 fully saturated rings. The predicted octanol–water partition coefficient (Wildman–Crippen LogP) is 4.10. The third-order valence-electron chi connectivity index (χ3n) is 8.83. The van der Waals surface area contributed by atoms with Crippen molar-refractivity contribution in [2.75, 3.05) is 13.1 Å². The second-order valence-corrected chi connectivity index (χ2v) is 13.3. The van der Waals surface area contributed by atoms with Crippen LogP contribution in [0, 0.1) is 5.92 Å². The molecule has 3 aromatic carbocycles. The first-order valence-electron chi connectivity index (χ1n) is 17.3. The van der Waals surface area contributed by atoms with Gasteiger partial charge in [0.15, 0.2) is 0 Å². The lowest BCUT2D eigenvalue weighted by molar-refractivity contribution is -0.132. The van der Waals surface area contributed by atoms with Crippen molar-refractivity contribution in [3.8, 4) is 0 Å². The van der Waals surface area contributed by atoms with E-state index in [0.29, 0.717) is 50.0 Å². The number of amides is 5. The van der Waals surface area contributed by atoms with Crippen LogP contribution in [0.5, 0.6) is 0 Å². The van der Waals surface area contributed by atoms with Crippen molar-refractivity contribution in [2.45, 2.75) is 71.1 Å². The molecule has 4 aromatic rings. The molecule has 2 aliphatic rings. The highest BCUT2D eigenvalue weighted by Crippen LogP contribution is 2.18. The van der Waals surface area contributed by atoms with Gasteiger partial charge in [0.2, 0.25) is 17.7 Å². The van der Waals surface area contributed by atoms with E-state index in [-0.39, 0.29) is 24.2 Å². The van der Waals surface area contributed by atoms with Crippen molar-refractivity contribution in [1.29, 1.82) is 0 Å². The monoisotopic (exact) mass is 678 g/mol. The SMILES string of the molecule is CC(C)C[C@@H]1NC(=O)[C@@H](Cc2ccccc2)NC(=O)c2ccc(cc2)CN(C(=O)c2ccc3[nH]ccc3c2)CCCCNC(=O)[C@@H](C)NC1=O. The van der Waals surface area contributed by atoms with Gasteiger partial charge in [0.05, 0.1) is 0 Å². The van der Waals surface area contributed by atoms with Gasteiger partial charge in [-0.2, -0.15) is 0 Å². The predicted molar refractivity (Wildman–Crippen MR) is 192 cm³/mol. The summed E-state index contributed by atoms with van der Waals surface area (Å²) in [6.45, 7) is 6.61. The molecule has 2 bridgehead atoms. The molecule has 1 aromatic heterocycles. The van der Waals surface area contributed by atoms with E-state index < -0.39 is 35.8 Å². The Hall–Kier alpha value is -5.45. The maximum atomic E-state index is 13.8. The Morgan fingerprint density at radius 2 is 1.56 bits per heavy atom. The van der Waals surface area contributed by atoms with Crippen LogP contribution in [0.2, 0.25) is 0 Å². The number of carbonyl (C=O) groups excluding carboxylic acids is 5. The summed E-state index contributed by atoms with van der Waals surface area (Å²) < 4.78 is 0. The zero-order chi connectivity index (χ0) is 35.6. The number of hydrogen-bond acceptors (Lipinski definition) is 5. The lowest BCUT2D eigenvalue weighted by Gasteiger charge is -2.25. The summed E-state index contributed by atoms with van der Waals surface area (Å²) in [5.41, 5.74) is 3.54. The van der Waals surface area contributed by atoms with E-state index in [4.69, 9.17) is 0 Å². The minimum Gasteiger partial charge on any atom is -0.361 e. The molecule has 11 nitrogen and oxygen atoms in total. The first-order chi connectivity index (χ1) is 24.1. The Morgan fingerprint density at radius 1 is 0.820 bits per heavy atom. The summed E-state index contributed by atoms with van der Waals surface area (Å²) >= 11 is 0. The highest BCUT2D eigenvalue weighted by atomic mass is 16.2. The molecular weight excluding hydrogens is 632 g/mol. The number of benzene rings is 3. The molecule has 0 spiro atoms. The summed E-state index contributed by atoms with van der Waals surface area (Å²) in [5, 5.41) is 12.3. The van der Waals surface area contributed by atoms with E-state index in [2.05, 4.69) is 26.3 Å². The average molecular weight is 679 g/mol. The standard InChI is InChI=1S/C39H46N6O5/c1-25(2)21-33-37(48)42-26(3)35(46)41-18-7-8-20-45(39(50)31-15-16-32-30(23-31)17-19-40-32)24-28-11-13-29(14-12-28)36(47)43-34(38(49)44-33)22-27-9-5-4-6-10-27/h4-6,9-17,19,23,25-26,33-34,40H,7-8,18,20-22,24H2,1-3H3,(H,41,46)(H,42,48)(H,43,47)(H,44,49)/t26-,33+,34-/m1/s1. The number of rotatable bonds is 5. The Labute approximate surface area is 292 Å². The van der Waals surface area contributed by atoms with E-state index in [1.54, 1.807) is 30.0 Å². The number of fused-ring (bicyclic) bond motifs is 19. The van der Waals surface area contributed by atoms with Crippen molar-refractivity contribution in [2.24, 2.45) is 5.92 Å². The fraction of sp³-hybridized carbons (Fsp3) is 0.359. The average Bonchev–Trinajstić information content (AvgIpc) is 3.58. The second-order valence-electron chi connectivity index (χ2n) is 13.3. The molecular formula is C39H46N6O5. The number of nitrogens with one attached hydrogen (secondary N) is 5. The van der Waals surface area contributed by atoms with Crippen LogP contribution >= 0.6 is 0 Å². The van der Waals surface area contributed by atoms with E-state index in [1.807, 2.05) is 80.7 Å². The number of H-pyrrole nitrogens is 1. The van der Waals surface area contributed by atoms with Crippen LogP contribution in [0.4, 0.5) is 0 Å². The smallest absolute Gasteiger partial charge is 0.254 e. The summed E-state index contributed by atoms with van der Waals surface area (Å²) in [4.78, 5) is 72.4. The van der Waals surface area contributed by atoms with Crippen LogP contribution in [0.1, 0.15) is 71.9 Å². The van der Waals surface area contributed by atoms with Crippen molar-refractivity contribution in [1.82, 2.24) is 31.2 Å². The quantitative estimate of drug-likeness (QED) is 0.201. The molecule has 0 saturated heterocycles. The zero-order valence-electron chi connectivity index (χ0n) is 28.8. The third kappa shape index (κ3) is 9.58. The molecule has 0 saturated carbocycles. The van der Waals surface area contributed by atoms with E-state index >= 15 is 0 Å². The number of nitrogens with zero attached hydrogens (tertiary/aromatic N) is 1. The zero-order valence-corrected chi connectivity index (χ0v) is 28.8. The molecule has 50 heavy (non-hydrogen) atoms. The number of aromatic amines is 1. The Morgan fingerprint density at radius 3 is 2.30 bits per heavy atom. The van der Waals surface area contributed by atoms with Gasteiger partial charge in [-0.05, 0) is 79.6 Å². The summed E-state index contributed by atoms with van der Waals surface area (Å²) in [7, 11) is 0. The minimum absolute atomic E-state index is 0.0633. The molecule has 3 heterocycles. The van der Waals surface area contributed by atoms with Crippen LogP contribution in [0.3, 0.4) is 0 Å². The van der Waals surface area contributed by atoms with Gasteiger partial charge in [-0.15, -0.1) is 0 Å². The van der Waals surface area contributed by atoms with Crippen molar-refractivity contribution in [3.05, 3.63) is 107 Å². The fourth-order valence-electron chi connectivity index (χ4n) is 6.05. The van der Waals surface area contributed by atoms with Crippen LogP contribution in [0.15, 0.2) is 85.1 Å². The summed E-state index contributed by atoms with van der Waals surface area (Å²) in [6.07, 6.45) is 3.62. The first-order valence-corrected chi connectivity index (χ1v) is 17.3. The Balaban J connectivity index is 1.41. The van der Waals surface area contributed by atoms with Gasteiger partial charge in [0.25, 0.3) is 11.8 Å². The van der Waals surface area contributed by atoms with Crippen LogP contribution in [-0.2, 0) is 27.3 Å². The van der Waals surface area contributed by atoms with E-state index in [9.17, 15) is 24.0 Å². The van der Waals surface area contributed by atoms with Crippen LogP contribution in [0.25, 0.3) is 10.9 Å². The lowest BCUT2D eigenvalue weighted by Crippen LogP contribution is -2.57. The van der Waals surface area contributed by atoms with E-state index in [1.165, 1.54) is 0 Å². The van der Waals surface area contributed by atoms with Crippen LogP contribution < -0.4 is 21.3 Å². The molecule has 0 unspecified atom stereocenters. The highest BCUT2D eigenvalue weighted by Gasteiger charge is 2.29. The first kappa shape index (κ1) is 35.8. The number of hydrogen-bond donors (Lipinski definition) is 5. The molecule has 0 aliphatic carbocycles. The van der Waals surface area contributed by atoms with Gasteiger partial charge in [-0.25, -0.2) is 0 Å². The maximum Gasteiger partial charge on any atom is 0.254 e. The molecule has 5 amide bonds. The molecule has 0 radical (unpaired) electrons. The summed E-state index contributed by atoms with van der Waals surface area (Å²) in [5.74, 6) is -1.84. The summed E-state index contributed by atoms with van der Waals surface area (Å²) in [6, 6.07) is 21.1. The normalized spacial score (nSPS) is 20.1. The van der Waals surface area contributed by atoms with Gasteiger partial charge in [0, 0.05) is 54.3 Å². The Kier molecular flexibility index (Phi) is 12.0. The van der Waals surface area contributed by atoms with Crippen LogP contribution in [-0.4, -0.2) is 70.6 Å². The molecule has 11 heteroatoms. The van der Waals surface area contributed by atoms with Crippen molar-refractivity contribution < 1.29 is 24.0 Å². The molecule has 5 N–H and O–H groups in total. The van der Waals surface area contributed by atoms with Gasteiger partial charge in [0.1, 0.15) is 18.1 Å². The van der Waals surface area contributed by atoms with E-state index in [0.717, 1.165) is 22.0 Å². The molecule has 3 atom stereocenters. The highest BCUT2D eigenvalue weighted by molar-refractivity contribution is 5.99. The van der Waals surface area contributed by atoms with Gasteiger partial charge < -0.3 is 31.2 Å². The minimum atomic E-state index is -0.979. The molecule has 2 aliphatic heterocycles. The largest absolute Gasteiger partial charge is 0.361 e. The maximum absolute atomic E-state index is 13.8. The lowest BCUT2D eigenvalue weighted by atomic mass is 10.0. The molecule has 262 valence electrons. The third-order valence-corrected chi connectivity index (χ3v) is 8.83.